The van der Waals surface area contributed by atoms with Gasteiger partial charge in [-0.3, -0.25) is 4.79 Å². The number of nitrogens with one attached hydrogen (secondary N) is 1. The average molecular weight is 378 g/mol. The molecule has 8 nitrogen and oxygen atoms in total. The van der Waals surface area contributed by atoms with Crippen LogP contribution in [0.5, 0.6) is 0 Å². The van der Waals surface area contributed by atoms with Crippen molar-refractivity contribution in [3.05, 3.63) is 53.7 Å². The van der Waals surface area contributed by atoms with Gasteiger partial charge in [0.25, 0.3) is 5.91 Å². The van der Waals surface area contributed by atoms with Gasteiger partial charge in [0.15, 0.2) is 16.6 Å². The van der Waals surface area contributed by atoms with Gasteiger partial charge in [0, 0.05) is 16.6 Å². The Balaban J connectivity index is 1.36. The summed E-state index contributed by atoms with van der Waals surface area (Å²) >= 11 is 1.36. The number of benzene rings is 1. The van der Waals surface area contributed by atoms with E-state index in [9.17, 15) is 4.79 Å². The molecular weight excluding hydrogens is 364 g/mol. The van der Waals surface area contributed by atoms with Gasteiger partial charge in [0.1, 0.15) is 5.69 Å². The van der Waals surface area contributed by atoms with Crippen molar-refractivity contribution < 1.29 is 9.21 Å². The summed E-state index contributed by atoms with van der Waals surface area (Å²) in [6, 6.07) is 11.5. The number of furan rings is 1. The maximum Gasteiger partial charge on any atom is 0.275 e. The van der Waals surface area contributed by atoms with Crippen molar-refractivity contribution in [1.29, 1.82) is 0 Å². The van der Waals surface area contributed by atoms with E-state index in [-0.39, 0.29) is 5.91 Å². The molecule has 0 spiro atoms. The number of amides is 1. The van der Waals surface area contributed by atoms with Gasteiger partial charge in [0.05, 0.1) is 12.3 Å². The van der Waals surface area contributed by atoms with Crippen LogP contribution in [0, 0.1) is 0 Å². The lowest BCUT2D eigenvalue weighted by Crippen LogP contribution is -2.12. The summed E-state index contributed by atoms with van der Waals surface area (Å²) in [5, 5.41) is 17.2. The first-order valence-electron chi connectivity index (χ1n) is 8.47. The number of rotatable bonds is 5. The van der Waals surface area contributed by atoms with Crippen LogP contribution < -0.4 is 5.32 Å². The van der Waals surface area contributed by atoms with E-state index in [4.69, 9.17) is 4.42 Å². The minimum atomic E-state index is -0.275. The number of anilines is 1. The molecule has 1 amide bonds. The molecule has 0 aliphatic heterocycles. The zero-order valence-electron chi connectivity index (χ0n) is 14.1. The lowest BCUT2D eigenvalue weighted by Gasteiger charge is -2.06. The fourth-order valence-electron chi connectivity index (χ4n) is 2.77. The molecule has 0 saturated heterocycles. The van der Waals surface area contributed by atoms with E-state index in [2.05, 4.69) is 25.8 Å². The third-order valence-corrected chi connectivity index (χ3v) is 5.09. The summed E-state index contributed by atoms with van der Waals surface area (Å²) in [5.74, 6) is 1.08. The van der Waals surface area contributed by atoms with Gasteiger partial charge in [0.2, 0.25) is 0 Å². The second kappa shape index (κ2) is 6.44. The number of hydrogen-bond donors (Lipinski definition) is 1. The molecular formula is C18H14N6O2S. The van der Waals surface area contributed by atoms with E-state index in [0.29, 0.717) is 34.0 Å². The Labute approximate surface area is 157 Å². The maximum absolute atomic E-state index is 12.5. The quantitative estimate of drug-likeness (QED) is 0.569. The number of hydrogen-bond acceptors (Lipinski definition) is 7. The summed E-state index contributed by atoms with van der Waals surface area (Å²) < 4.78 is 7.16. The molecule has 1 saturated carbocycles. The van der Waals surface area contributed by atoms with Crippen molar-refractivity contribution in [3.63, 3.8) is 0 Å². The third-order valence-electron chi connectivity index (χ3n) is 4.23. The van der Waals surface area contributed by atoms with E-state index < -0.39 is 0 Å². The van der Waals surface area contributed by atoms with Gasteiger partial charge in [-0.05, 0) is 47.5 Å². The molecule has 9 heteroatoms. The van der Waals surface area contributed by atoms with Crippen LogP contribution >= 0.6 is 11.3 Å². The molecule has 3 heterocycles. The Morgan fingerprint density at radius 3 is 3.00 bits per heavy atom. The van der Waals surface area contributed by atoms with Crippen molar-refractivity contribution in [2.75, 3.05) is 5.32 Å². The van der Waals surface area contributed by atoms with Gasteiger partial charge in [-0.2, -0.15) is 0 Å². The standard InChI is InChI=1S/C18H14N6O2S/c25-17(14-10-27-18(20-14)15-5-2-8-26-15)19-12-4-1-3-11(9-12)16-21-22-23-24(16)13-6-7-13/h1-5,8-10,13H,6-7H2,(H,19,25). The molecule has 5 rings (SSSR count). The molecule has 0 radical (unpaired) electrons. The number of nitrogens with zero attached hydrogens (tertiary/aromatic N) is 5. The Kier molecular flexibility index (Phi) is 3.79. The van der Waals surface area contributed by atoms with Crippen molar-refractivity contribution in [1.82, 2.24) is 25.2 Å². The molecule has 1 aromatic carbocycles. The topological polar surface area (TPSA) is 98.7 Å². The molecule has 0 unspecified atom stereocenters. The summed E-state index contributed by atoms with van der Waals surface area (Å²) in [6.45, 7) is 0. The lowest BCUT2D eigenvalue weighted by molar-refractivity contribution is 0.102. The molecule has 3 aromatic heterocycles. The first-order chi connectivity index (χ1) is 13.3. The smallest absolute Gasteiger partial charge is 0.275 e. The van der Waals surface area contributed by atoms with E-state index in [1.165, 1.54) is 11.3 Å². The number of carbonyl (C=O) groups excluding carboxylic acids is 1. The number of carbonyl (C=O) groups is 1. The van der Waals surface area contributed by atoms with E-state index in [1.807, 2.05) is 35.0 Å². The second-order valence-corrected chi connectivity index (χ2v) is 7.09. The molecule has 0 bridgehead atoms. The second-order valence-electron chi connectivity index (χ2n) is 6.23. The Hall–Kier alpha value is -3.33. The molecule has 0 atom stereocenters. The first kappa shape index (κ1) is 15.9. The largest absolute Gasteiger partial charge is 0.462 e. The number of thiazole rings is 1. The van der Waals surface area contributed by atoms with Crippen LogP contribution in [0.4, 0.5) is 5.69 Å². The van der Waals surface area contributed by atoms with Gasteiger partial charge < -0.3 is 9.73 Å². The molecule has 1 aliphatic rings. The SMILES string of the molecule is O=C(Nc1cccc(-c2nnnn2C2CC2)c1)c1csc(-c2ccco2)n1. The fourth-order valence-corrected chi connectivity index (χ4v) is 3.54. The summed E-state index contributed by atoms with van der Waals surface area (Å²) in [6.07, 6.45) is 3.77. The minimum Gasteiger partial charge on any atom is -0.462 e. The zero-order valence-corrected chi connectivity index (χ0v) is 14.9. The van der Waals surface area contributed by atoms with Gasteiger partial charge in [-0.15, -0.1) is 16.4 Å². The van der Waals surface area contributed by atoms with E-state index in [0.717, 1.165) is 18.4 Å². The summed E-state index contributed by atoms with van der Waals surface area (Å²) in [4.78, 5) is 16.9. The van der Waals surface area contributed by atoms with Crippen molar-refractivity contribution in [2.24, 2.45) is 0 Å². The Morgan fingerprint density at radius 2 is 2.19 bits per heavy atom. The van der Waals surface area contributed by atoms with Crippen molar-refractivity contribution in [2.45, 2.75) is 18.9 Å². The van der Waals surface area contributed by atoms with Crippen LogP contribution in [0.15, 0.2) is 52.5 Å². The minimum absolute atomic E-state index is 0.275. The number of tetrazole rings is 1. The van der Waals surface area contributed by atoms with Gasteiger partial charge in [-0.25, -0.2) is 9.67 Å². The highest BCUT2D eigenvalue weighted by molar-refractivity contribution is 7.13. The third kappa shape index (κ3) is 3.13. The van der Waals surface area contributed by atoms with Crippen LogP contribution in [0.3, 0.4) is 0 Å². The molecule has 134 valence electrons. The molecule has 4 aromatic rings. The predicted octanol–water partition coefficient (Wildman–Crippen LogP) is 3.64. The summed E-state index contributed by atoms with van der Waals surface area (Å²) in [7, 11) is 0. The monoisotopic (exact) mass is 378 g/mol. The Bertz CT molecular complexity index is 1100. The molecule has 27 heavy (non-hydrogen) atoms. The first-order valence-corrected chi connectivity index (χ1v) is 9.35. The molecule has 1 fully saturated rings. The van der Waals surface area contributed by atoms with Crippen LogP contribution in [0.1, 0.15) is 29.4 Å². The number of aromatic nitrogens is 5. The van der Waals surface area contributed by atoms with E-state index >= 15 is 0 Å². The van der Waals surface area contributed by atoms with Gasteiger partial charge >= 0.3 is 0 Å². The fraction of sp³-hybridized carbons (Fsp3) is 0.167. The zero-order chi connectivity index (χ0) is 18.2. The predicted molar refractivity (Wildman–Crippen MR) is 99.3 cm³/mol. The summed E-state index contributed by atoms with van der Waals surface area (Å²) in [5.41, 5.74) is 1.87. The van der Waals surface area contributed by atoms with Crippen LogP contribution in [-0.2, 0) is 0 Å². The average Bonchev–Trinajstić information content (AvgIpc) is 3.15. The highest BCUT2D eigenvalue weighted by Gasteiger charge is 2.28. The highest BCUT2D eigenvalue weighted by Crippen LogP contribution is 2.36. The van der Waals surface area contributed by atoms with Crippen molar-refractivity contribution in [3.8, 4) is 22.2 Å². The molecule has 1 aliphatic carbocycles. The highest BCUT2D eigenvalue weighted by atomic mass is 32.1. The lowest BCUT2D eigenvalue weighted by atomic mass is 10.2. The van der Waals surface area contributed by atoms with Gasteiger partial charge in [-0.1, -0.05) is 12.1 Å². The Morgan fingerprint density at radius 1 is 1.26 bits per heavy atom. The maximum atomic E-state index is 12.5. The van der Waals surface area contributed by atoms with Crippen LogP contribution in [-0.4, -0.2) is 31.1 Å². The molecule has 1 N–H and O–H groups in total. The van der Waals surface area contributed by atoms with E-state index in [1.54, 1.807) is 17.7 Å². The van der Waals surface area contributed by atoms with Crippen LogP contribution in [0.25, 0.3) is 22.2 Å². The van der Waals surface area contributed by atoms with Crippen molar-refractivity contribution >= 4 is 22.9 Å². The normalized spacial score (nSPS) is 13.6. The van der Waals surface area contributed by atoms with Crippen LogP contribution in [0.2, 0.25) is 0 Å².